The SMILES string of the molecule is CCCC(=O)Oc1ncc(F)cc1C1CCCN1c1ccn2ncc(N)c2n1. The van der Waals surface area contributed by atoms with Gasteiger partial charge in [0.15, 0.2) is 5.65 Å². The second-order valence-corrected chi connectivity index (χ2v) is 6.78. The number of fused-ring (bicyclic) bond motifs is 1. The van der Waals surface area contributed by atoms with E-state index in [0.29, 0.717) is 29.1 Å². The summed E-state index contributed by atoms with van der Waals surface area (Å²) in [4.78, 5) is 22.7. The molecule has 146 valence electrons. The van der Waals surface area contributed by atoms with Crippen LogP contribution in [0.1, 0.15) is 44.2 Å². The van der Waals surface area contributed by atoms with Crippen molar-refractivity contribution in [2.45, 2.75) is 38.6 Å². The largest absolute Gasteiger partial charge is 0.407 e. The number of carbonyl (C=O) groups excluding carboxylic acids is 1. The highest BCUT2D eigenvalue weighted by Crippen LogP contribution is 2.39. The number of ether oxygens (including phenoxy) is 1. The molecule has 1 fully saturated rings. The van der Waals surface area contributed by atoms with Crippen molar-refractivity contribution in [3.63, 3.8) is 0 Å². The number of esters is 1. The van der Waals surface area contributed by atoms with Crippen molar-refractivity contribution in [3.05, 3.63) is 42.1 Å². The van der Waals surface area contributed by atoms with Crippen molar-refractivity contribution >= 4 is 23.1 Å². The summed E-state index contributed by atoms with van der Waals surface area (Å²) in [5.74, 6) is 0.0126. The number of nitrogens with two attached hydrogens (primary N) is 1. The van der Waals surface area contributed by atoms with Crippen molar-refractivity contribution in [2.24, 2.45) is 0 Å². The van der Waals surface area contributed by atoms with E-state index in [0.717, 1.165) is 25.6 Å². The first kappa shape index (κ1) is 18.1. The minimum Gasteiger partial charge on any atom is -0.407 e. The van der Waals surface area contributed by atoms with E-state index < -0.39 is 5.82 Å². The van der Waals surface area contributed by atoms with Gasteiger partial charge in [-0.3, -0.25) is 4.79 Å². The summed E-state index contributed by atoms with van der Waals surface area (Å²) < 4.78 is 21.0. The molecule has 3 aromatic heterocycles. The maximum atomic E-state index is 14.0. The first-order chi connectivity index (χ1) is 13.6. The van der Waals surface area contributed by atoms with E-state index in [1.807, 2.05) is 13.0 Å². The first-order valence-electron chi connectivity index (χ1n) is 9.29. The lowest BCUT2D eigenvalue weighted by Crippen LogP contribution is -2.25. The highest BCUT2D eigenvalue weighted by molar-refractivity contribution is 5.72. The Hall–Kier alpha value is -3.23. The van der Waals surface area contributed by atoms with Crippen LogP contribution in [0.15, 0.2) is 30.7 Å². The van der Waals surface area contributed by atoms with Gasteiger partial charge in [-0.1, -0.05) is 6.92 Å². The lowest BCUT2D eigenvalue weighted by molar-refractivity contribution is -0.134. The van der Waals surface area contributed by atoms with Crippen LogP contribution in [0.25, 0.3) is 5.65 Å². The molecule has 3 aromatic rings. The molecule has 0 aliphatic carbocycles. The summed E-state index contributed by atoms with van der Waals surface area (Å²) in [5.41, 5.74) is 7.53. The van der Waals surface area contributed by atoms with Gasteiger partial charge in [0.2, 0.25) is 5.88 Å². The average Bonchev–Trinajstić information content (AvgIpc) is 3.30. The van der Waals surface area contributed by atoms with Crippen LogP contribution >= 0.6 is 0 Å². The fraction of sp³-hybridized carbons (Fsp3) is 0.368. The monoisotopic (exact) mass is 384 g/mol. The van der Waals surface area contributed by atoms with E-state index >= 15 is 0 Å². The van der Waals surface area contributed by atoms with Crippen LogP contribution < -0.4 is 15.4 Å². The number of aromatic nitrogens is 4. The van der Waals surface area contributed by atoms with Crippen molar-refractivity contribution in [1.82, 2.24) is 19.6 Å². The summed E-state index contributed by atoms with van der Waals surface area (Å²) in [5, 5.41) is 4.13. The molecule has 2 N–H and O–H groups in total. The highest BCUT2D eigenvalue weighted by atomic mass is 19.1. The van der Waals surface area contributed by atoms with Gasteiger partial charge in [-0.05, 0) is 31.4 Å². The fourth-order valence-electron chi connectivity index (χ4n) is 3.53. The maximum absolute atomic E-state index is 14.0. The lowest BCUT2D eigenvalue weighted by atomic mass is 10.1. The average molecular weight is 384 g/mol. The number of hydrogen-bond acceptors (Lipinski definition) is 7. The second kappa shape index (κ2) is 7.41. The van der Waals surface area contributed by atoms with Crippen LogP contribution in [0.3, 0.4) is 0 Å². The molecule has 1 saturated heterocycles. The highest BCUT2D eigenvalue weighted by Gasteiger charge is 2.31. The van der Waals surface area contributed by atoms with E-state index in [4.69, 9.17) is 10.5 Å². The van der Waals surface area contributed by atoms with Gasteiger partial charge < -0.3 is 15.4 Å². The van der Waals surface area contributed by atoms with Crippen LogP contribution in [0.5, 0.6) is 5.88 Å². The van der Waals surface area contributed by atoms with E-state index in [2.05, 4.69) is 20.0 Å². The normalized spacial score (nSPS) is 16.6. The molecular weight excluding hydrogens is 363 g/mol. The Balaban J connectivity index is 1.70. The molecule has 0 radical (unpaired) electrons. The van der Waals surface area contributed by atoms with Gasteiger partial charge in [0.05, 0.1) is 24.1 Å². The van der Waals surface area contributed by atoms with Crippen LogP contribution in [0.4, 0.5) is 15.9 Å². The zero-order valence-corrected chi connectivity index (χ0v) is 15.5. The topological polar surface area (TPSA) is 98.6 Å². The third kappa shape index (κ3) is 3.35. The van der Waals surface area contributed by atoms with Crippen molar-refractivity contribution < 1.29 is 13.9 Å². The molecule has 28 heavy (non-hydrogen) atoms. The quantitative estimate of drug-likeness (QED) is 0.675. The molecule has 0 aromatic carbocycles. The molecule has 4 heterocycles. The predicted octanol–water partition coefficient (Wildman–Crippen LogP) is 2.89. The Morgan fingerprint density at radius 3 is 3.11 bits per heavy atom. The van der Waals surface area contributed by atoms with Gasteiger partial charge in [-0.15, -0.1) is 0 Å². The van der Waals surface area contributed by atoms with E-state index in [-0.39, 0.29) is 24.3 Å². The van der Waals surface area contributed by atoms with Crippen molar-refractivity contribution in [2.75, 3.05) is 17.2 Å². The van der Waals surface area contributed by atoms with E-state index in [1.54, 1.807) is 16.9 Å². The van der Waals surface area contributed by atoms with E-state index in [9.17, 15) is 9.18 Å². The van der Waals surface area contributed by atoms with Crippen LogP contribution in [0, 0.1) is 5.82 Å². The summed E-state index contributed by atoms with van der Waals surface area (Å²) in [6.07, 6.45) is 7.02. The molecule has 4 rings (SSSR count). The minimum absolute atomic E-state index is 0.154. The Morgan fingerprint density at radius 1 is 1.43 bits per heavy atom. The third-order valence-electron chi connectivity index (χ3n) is 4.80. The van der Waals surface area contributed by atoms with Gasteiger partial charge >= 0.3 is 5.97 Å². The fourth-order valence-corrected chi connectivity index (χ4v) is 3.53. The molecule has 0 saturated carbocycles. The number of nitrogens with zero attached hydrogens (tertiary/aromatic N) is 5. The predicted molar refractivity (Wildman–Crippen MR) is 101 cm³/mol. The number of carbonyl (C=O) groups is 1. The minimum atomic E-state index is -0.472. The molecule has 8 nitrogen and oxygen atoms in total. The second-order valence-electron chi connectivity index (χ2n) is 6.78. The lowest BCUT2D eigenvalue weighted by Gasteiger charge is -2.27. The zero-order valence-electron chi connectivity index (χ0n) is 15.5. The Morgan fingerprint density at radius 2 is 2.29 bits per heavy atom. The van der Waals surface area contributed by atoms with Crippen LogP contribution in [-0.4, -0.2) is 32.1 Å². The molecule has 1 atom stereocenters. The number of rotatable bonds is 5. The van der Waals surface area contributed by atoms with Gasteiger partial charge in [0, 0.05) is 24.7 Å². The number of halogens is 1. The van der Waals surface area contributed by atoms with Crippen molar-refractivity contribution in [3.8, 4) is 5.88 Å². The zero-order chi connectivity index (χ0) is 19.7. The first-order valence-corrected chi connectivity index (χ1v) is 9.29. The number of nitrogen functional groups attached to an aromatic ring is 1. The summed E-state index contributed by atoms with van der Waals surface area (Å²) in [7, 11) is 0. The van der Waals surface area contributed by atoms with Gasteiger partial charge in [0.25, 0.3) is 0 Å². The molecule has 0 spiro atoms. The number of pyridine rings is 1. The third-order valence-corrected chi connectivity index (χ3v) is 4.80. The maximum Gasteiger partial charge on any atom is 0.312 e. The van der Waals surface area contributed by atoms with E-state index in [1.165, 1.54) is 6.07 Å². The smallest absolute Gasteiger partial charge is 0.312 e. The molecule has 0 amide bonds. The Labute approximate surface area is 161 Å². The van der Waals surface area contributed by atoms with Crippen LogP contribution in [0.2, 0.25) is 0 Å². The van der Waals surface area contributed by atoms with Crippen LogP contribution in [-0.2, 0) is 4.79 Å². The molecular formula is C19H21FN6O2. The number of anilines is 2. The summed E-state index contributed by atoms with van der Waals surface area (Å²) in [6, 6.07) is 3.02. The van der Waals surface area contributed by atoms with Gasteiger partial charge in [-0.25, -0.2) is 18.9 Å². The molecule has 0 bridgehead atoms. The Bertz CT molecular complexity index is 1020. The molecule has 1 unspecified atom stereocenters. The Kier molecular flexibility index (Phi) is 4.81. The summed E-state index contributed by atoms with van der Waals surface area (Å²) in [6.45, 7) is 2.63. The standard InChI is InChI=1S/C19H21FN6O2/c1-2-4-17(27)28-19-13(9-12(20)10-22-19)15-5-3-7-25(15)16-6-8-26-18(24-16)14(21)11-23-26/h6,8-11,15H,2-5,7,21H2,1H3. The van der Waals surface area contributed by atoms with Gasteiger partial charge in [-0.2, -0.15) is 5.10 Å². The number of hydrogen-bond donors (Lipinski definition) is 1. The van der Waals surface area contributed by atoms with Crippen molar-refractivity contribution in [1.29, 1.82) is 0 Å². The molecule has 1 aliphatic rings. The molecule has 9 heteroatoms. The summed E-state index contributed by atoms with van der Waals surface area (Å²) >= 11 is 0. The molecule has 1 aliphatic heterocycles. The van der Waals surface area contributed by atoms with Gasteiger partial charge in [0.1, 0.15) is 11.6 Å².